The maximum absolute atomic E-state index is 3.60. The smallest absolute Gasteiger partial charge is 0.0265 e. The monoisotopic (exact) mass is 287 g/mol. The number of nitrogens with one attached hydrogen (secondary N) is 1. The maximum Gasteiger partial charge on any atom is 0.0265 e. The van der Waals surface area contributed by atoms with Crippen LogP contribution < -0.4 is 5.32 Å². The quantitative estimate of drug-likeness (QED) is 0.920. The lowest BCUT2D eigenvalue weighted by Gasteiger charge is -2.43. The molecule has 0 saturated carbocycles. The lowest BCUT2D eigenvalue weighted by atomic mass is 10.0. The molecule has 3 rings (SSSR count). The molecule has 1 aromatic carbocycles. The second-order valence-electron chi connectivity index (χ2n) is 6.91. The third-order valence-corrected chi connectivity index (χ3v) is 5.31. The fourth-order valence-corrected chi connectivity index (χ4v) is 3.98. The first-order valence-electron chi connectivity index (χ1n) is 8.42. The molecule has 0 amide bonds. The van der Waals surface area contributed by atoms with E-state index < -0.39 is 0 Å². The molecule has 1 aromatic rings. The third-order valence-electron chi connectivity index (χ3n) is 5.31. The van der Waals surface area contributed by atoms with Crippen LogP contribution in [0.5, 0.6) is 0 Å². The van der Waals surface area contributed by atoms with Gasteiger partial charge < -0.3 is 5.32 Å². The zero-order valence-corrected chi connectivity index (χ0v) is 13.6. The molecule has 3 nitrogen and oxygen atoms in total. The lowest BCUT2D eigenvalue weighted by Crippen LogP contribution is -2.59. The van der Waals surface area contributed by atoms with Gasteiger partial charge in [-0.2, -0.15) is 0 Å². The van der Waals surface area contributed by atoms with E-state index in [9.17, 15) is 0 Å². The van der Waals surface area contributed by atoms with Gasteiger partial charge in [-0.1, -0.05) is 30.3 Å². The Morgan fingerprint density at radius 1 is 1.14 bits per heavy atom. The summed E-state index contributed by atoms with van der Waals surface area (Å²) in [5, 5.41) is 3.60. The highest BCUT2D eigenvalue weighted by Crippen LogP contribution is 2.27. The van der Waals surface area contributed by atoms with Crippen LogP contribution in [0.3, 0.4) is 0 Å². The van der Waals surface area contributed by atoms with Gasteiger partial charge in [0.2, 0.25) is 0 Å². The van der Waals surface area contributed by atoms with Gasteiger partial charge in [-0.25, -0.2) is 0 Å². The molecule has 21 heavy (non-hydrogen) atoms. The molecular formula is C18H29N3. The van der Waals surface area contributed by atoms with Crippen molar-refractivity contribution in [2.75, 3.05) is 19.6 Å². The number of likely N-dealkylation sites (tertiary alicyclic amines) is 1. The van der Waals surface area contributed by atoms with Gasteiger partial charge in [-0.15, -0.1) is 0 Å². The summed E-state index contributed by atoms with van der Waals surface area (Å²) in [5.41, 5.74) is 1.44. The van der Waals surface area contributed by atoms with Crippen LogP contribution >= 0.6 is 0 Å². The summed E-state index contributed by atoms with van der Waals surface area (Å²) in [6.07, 6.45) is 1.31. The Balaban J connectivity index is 1.64. The minimum atomic E-state index is 0.622. The Morgan fingerprint density at radius 3 is 2.67 bits per heavy atom. The minimum absolute atomic E-state index is 0.622. The Kier molecular flexibility index (Phi) is 4.63. The minimum Gasteiger partial charge on any atom is -0.311 e. The predicted octanol–water partition coefficient (Wildman–Crippen LogP) is 2.33. The van der Waals surface area contributed by atoms with Gasteiger partial charge in [0.15, 0.2) is 0 Å². The third kappa shape index (κ3) is 3.31. The highest BCUT2D eigenvalue weighted by molar-refractivity contribution is 5.15. The summed E-state index contributed by atoms with van der Waals surface area (Å²) >= 11 is 0. The molecular weight excluding hydrogens is 258 g/mol. The number of nitrogens with zero attached hydrogens (tertiary/aromatic N) is 2. The Hall–Kier alpha value is -0.900. The topological polar surface area (TPSA) is 18.5 Å². The average Bonchev–Trinajstić information content (AvgIpc) is 2.84. The largest absolute Gasteiger partial charge is 0.311 e. The van der Waals surface area contributed by atoms with Crippen molar-refractivity contribution in [2.24, 2.45) is 0 Å². The molecule has 2 saturated heterocycles. The van der Waals surface area contributed by atoms with Crippen LogP contribution in [0.15, 0.2) is 30.3 Å². The molecule has 2 fully saturated rings. The van der Waals surface area contributed by atoms with E-state index in [1.165, 1.54) is 25.1 Å². The van der Waals surface area contributed by atoms with Crippen molar-refractivity contribution < 1.29 is 0 Å². The number of hydrogen-bond donors (Lipinski definition) is 1. The normalized spacial score (nSPS) is 35.2. The van der Waals surface area contributed by atoms with Gasteiger partial charge in [0.25, 0.3) is 0 Å². The first kappa shape index (κ1) is 15.0. The first-order chi connectivity index (χ1) is 10.1. The molecule has 0 bridgehead atoms. The fraction of sp³-hybridized carbons (Fsp3) is 0.667. The van der Waals surface area contributed by atoms with Crippen molar-refractivity contribution in [3.8, 4) is 0 Å². The summed E-state index contributed by atoms with van der Waals surface area (Å²) in [6.45, 7) is 11.7. The molecule has 1 N–H and O–H groups in total. The van der Waals surface area contributed by atoms with Crippen molar-refractivity contribution in [2.45, 2.75) is 57.9 Å². The SMILES string of the molecule is CC1CN(C2CCN(Cc3ccccc3)C2C)C(C)CN1. The molecule has 116 valence electrons. The summed E-state index contributed by atoms with van der Waals surface area (Å²) in [4.78, 5) is 5.40. The van der Waals surface area contributed by atoms with Crippen LogP contribution in [0, 0.1) is 0 Å². The molecule has 0 radical (unpaired) electrons. The van der Waals surface area contributed by atoms with Crippen molar-refractivity contribution in [3.05, 3.63) is 35.9 Å². The number of rotatable bonds is 3. The van der Waals surface area contributed by atoms with Gasteiger partial charge in [0, 0.05) is 50.3 Å². The maximum atomic E-state index is 3.60. The zero-order chi connectivity index (χ0) is 14.8. The van der Waals surface area contributed by atoms with E-state index in [0.29, 0.717) is 24.2 Å². The molecule has 2 aliphatic rings. The molecule has 4 atom stereocenters. The van der Waals surface area contributed by atoms with E-state index >= 15 is 0 Å². The van der Waals surface area contributed by atoms with Crippen molar-refractivity contribution in [3.63, 3.8) is 0 Å². The van der Waals surface area contributed by atoms with Crippen molar-refractivity contribution >= 4 is 0 Å². The zero-order valence-electron chi connectivity index (χ0n) is 13.6. The molecule has 0 aliphatic carbocycles. The van der Waals surface area contributed by atoms with Crippen LogP contribution in [0.25, 0.3) is 0 Å². The molecule has 0 aromatic heterocycles. The van der Waals surface area contributed by atoms with Gasteiger partial charge in [-0.3, -0.25) is 9.80 Å². The number of piperazine rings is 1. The van der Waals surface area contributed by atoms with Gasteiger partial charge in [0.05, 0.1) is 0 Å². The Bertz CT molecular complexity index is 447. The first-order valence-corrected chi connectivity index (χ1v) is 8.42. The lowest BCUT2D eigenvalue weighted by molar-refractivity contribution is 0.0739. The summed E-state index contributed by atoms with van der Waals surface area (Å²) in [5.74, 6) is 0. The summed E-state index contributed by atoms with van der Waals surface area (Å²) < 4.78 is 0. The highest BCUT2D eigenvalue weighted by Gasteiger charge is 2.38. The molecule has 2 heterocycles. The molecule has 3 heteroatoms. The van der Waals surface area contributed by atoms with Gasteiger partial charge in [-0.05, 0) is 32.8 Å². The van der Waals surface area contributed by atoms with Crippen molar-refractivity contribution in [1.29, 1.82) is 0 Å². The fourth-order valence-electron chi connectivity index (χ4n) is 3.98. The highest BCUT2D eigenvalue weighted by atomic mass is 15.3. The van der Waals surface area contributed by atoms with Crippen LogP contribution in [-0.4, -0.2) is 53.6 Å². The number of benzene rings is 1. The number of hydrogen-bond acceptors (Lipinski definition) is 3. The average molecular weight is 287 g/mol. The van der Waals surface area contributed by atoms with E-state index in [-0.39, 0.29) is 0 Å². The summed E-state index contributed by atoms with van der Waals surface area (Å²) in [7, 11) is 0. The standard InChI is InChI=1S/C18H29N3/c1-14-12-21(15(2)11-19-14)18-9-10-20(16(18)3)13-17-7-5-4-6-8-17/h4-8,14-16,18-19H,9-13H2,1-3H3. The van der Waals surface area contributed by atoms with Crippen molar-refractivity contribution in [1.82, 2.24) is 15.1 Å². The second kappa shape index (κ2) is 6.47. The van der Waals surface area contributed by atoms with Crippen LogP contribution in [0.4, 0.5) is 0 Å². The predicted molar refractivity (Wildman–Crippen MR) is 88.4 cm³/mol. The second-order valence-corrected chi connectivity index (χ2v) is 6.91. The summed E-state index contributed by atoms with van der Waals surface area (Å²) in [6, 6.07) is 13.5. The van der Waals surface area contributed by atoms with Crippen LogP contribution in [-0.2, 0) is 6.54 Å². The Labute approximate surface area is 129 Å². The Morgan fingerprint density at radius 2 is 1.90 bits per heavy atom. The van der Waals surface area contributed by atoms with E-state index in [4.69, 9.17) is 0 Å². The van der Waals surface area contributed by atoms with Gasteiger partial charge in [0.1, 0.15) is 0 Å². The van der Waals surface area contributed by atoms with Crippen LogP contribution in [0.2, 0.25) is 0 Å². The molecule has 2 aliphatic heterocycles. The molecule has 0 spiro atoms. The van der Waals surface area contributed by atoms with E-state index in [1.54, 1.807) is 0 Å². The van der Waals surface area contributed by atoms with Gasteiger partial charge >= 0.3 is 0 Å². The van der Waals surface area contributed by atoms with E-state index in [0.717, 1.165) is 13.1 Å². The van der Waals surface area contributed by atoms with E-state index in [2.05, 4.69) is 66.2 Å². The molecule has 4 unspecified atom stereocenters. The van der Waals surface area contributed by atoms with E-state index in [1.807, 2.05) is 0 Å². The van der Waals surface area contributed by atoms with Crippen LogP contribution in [0.1, 0.15) is 32.8 Å².